The van der Waals surface area contributed by atoms with E-state index in [1.165, 1.54) is 12.1 Å². The van der Waals surface area contributed by atoms with Crippen LogP contribution in [-0.4, -0.2) is 22.7 Å². The Morgan fingerprint density at radius 2 is 2.31 bits per heavy atom. The molecular weight excluding hydrogens is 175 g/mol. The SMILES string of the molecule is Nc1nc(CCF)ccc1C(=O)O. The van der Waals surface area contributed by atoms with Crippen LogP contribution in [0.3, 0.4) is 0 Å². The summed E-state index contributed by atoms with van der Waals surface area (Å²) in [6, 6.07) is 2.79. The highest BCUT2D eigenvalue weighted by atomic mass is 19.1. The Bertz CT molecular complexity index is 328. The first-order valence-corrected chi connectivity index (χ1v) is 3.70. The number of carboxylic acids is 1. The summed E-state index contributed by atoms with van der Waals surface area (Å²) >= 11 is 0. The minimum atomic E-state index is -1.13. The second-order valence-corrected chi connectivity index (χ2v) is 2.48. The number of aryl methyl sites for hydroxylation is 1. The van der Waals surface area contributed by atoms with E-state index in [9.17, 15) is 9.18 Å². The number of aromatic carboxylic acids is 1. The summed E-state index contributed by atoms with van der Waals surface area (Å²) in [6.07, 6.45) is 0.157. The quantitative estimate of drug-likeness (QED) is 0.730. The number of carboxylic acid groups (broad SMARTS) is 1. The number of hydrogen-bond donors (Lipinski definition) is 2. The van der Waals surface area contributed by atoms with Gasteiger partial charge in [0.1, 0.15) is 11.4 Å². The van der Waals surface area contributed by atoms with Crippen molar-refractivity contribution in [3.05, 3.63) is 23.4 Å². The van der Waals surface area contributed by atoms with E-state index in [0.29, 0.717) is 5.69 Å². The van der Waals surface area contributed by atoms with Crippen molar-refractivity contribution in [3.8, 4) is 0 Å². The van der Waals surface area contributed by atoms with Crippen LogP contribution in [0.5, 0.6) is 0 Å². The van der Waals surface area contributed by atoms with Gasteiger partial charge in [0.15, 0.2) is 0 Å². The monoisotopic (exact) mass is 184 g/mol. The van der Waals surface area contributed by atoms with E-state index in [2.05, 4.69) is 4.98 Å². The van der Waals surface area contributed by atoms with Crippen molar-refractivity contribution in [2.24, 2.45) is 0 Å². The first-order valence-electron chi connectivity index (χ1n) is 3.70. The summed E-state index contributed by atoms with van der Waals surface area (Å²) in [7, 11) is 0. The van der Waals surface area contributed by atoms with Crippen LogP contribution in [0.1, 0.15) is 16.1 Å². The number of alkyl halides is 1. The highest BCUT2D eigenvalue weighted by Crippen LogP contribution is 2.10. The Morgan fingerprint density at radius 1 is 1.62 bits per heavy atom. The molecule has 0 saturated carbocycles. The summed E-state index contributed by atoms with van der Waals surface area (Å²) in [4.78, 5) is 14.2. The molecule has 5 heteroatoms. The summed E-state index contributed by atoms with van der Waals surface area (Å²) in [5.74, 6) is -1.20. The van der Waals surface area contributed by atoms with Gasteiger partial charge < -0.3 is 10.8 Å². The molecule has 70 valence electrons. The van der Waals surface area contributed by atoms with Crippen LogP contribution in [0.2, 0.25) is 0 Å². The number of hydrogen-bond acceptors (Lipinski definition) is 3. The van der Waals surface area contributed by atoms with E-state index in [1.54, 1.807) is 0 Å². The van der Waals surface area contributed by atoms with Crippen molar-refractivity contribution in [1.82, 2.24) is 4.98 Å². The predicted molar refractivity (Wildman–Crippen MR) is 45.3 cm³/mol. The second-order valence-electron chi connectivity index (χ2n) is 2.48. The van der Waals surface area contributed by atoms with Crippen LogP contribution in [0.25, 0.3) is 0 Å². The molecule has 13 heavy (non-hydrogen) atoms. The first kappa shape index (κ1) is 9.44. The molecule has 1 aromatic heterocycles. The van der Waals surface area contributed by atoms with Gasteiger partial charge >= 0.3 is 5.97 Å². The van der Waals surface area contributed by atoms with E-state index < -0.39 is 12.6 Å². The van der Waals surface area contributed by atoms with Crippen LogP contribution in [0.15, 0.2) is 12.1 Å². The normalized spacial score (nSPS) is 9.92. The van der Waals surface area contributed by atoms with Gasteiger partial charge in [-0.3, -0.25) is 4.39 Å². The van der Waals surface area contributed by atoms with Crippen molar-refractivity contribution >= 4 is 11.8 Å². The third kappa shape index (κ3) is 2.14. The Morgan fingerprint density at radius 3 is 2.77 bits per heavy atom. The molecule has 1 rings (SSSR count). The predicted octanol–water partition coefficient (Wildman–Crippen LogP) is 0.874. The van der Waals surface area contributed by atoms with E-state index >= 15 is 0 Å². The Labute approximate surface area is 74.2 Å². The highest BCUT2D eigenvalue weighted by Gasteiger charge is 2.08. The fraction of sp³-hybridized carbons (Fsp3) is 0.250. The number of nitrogens with zero attached hydrogens (tertiary/aromatic N) is 1. The molecule has 0 aliphatic carbocycles. The molecule has 0 aromatic carbocycles. The zero-order valence-corrected chi connectivity index (χ0v) is 6.83. The van der Waals surface area contributed by atoms with Gasteiger partial charge in [-0.05, 0) is 12.1 Å². The van der Waals surface area contributed by atoms with E-state index in [1.807, 2.05) is 0 Å². The zero-order valence-electron chi connectivity index (χ0n) is 6.83. The zero-order chi connectivity index (χ0) is 9.84. The number of nitrogen functional groups attached to an aromatic ring is 1. The standard InChI is InChI=1S/C8H9FN2O2/c9-4-3-5-1-2-6(8(12)13)7(10)11-5/h1-2H,3-4H2,(H2,10,11)(H,12,13). The third-order valence-corrected chi connectivity index (χ3v) is 1.56. The van der Waals surface area contributed by atoms with Crippen LogP contribution in [-0.2, 0) is 6.42 Å². The number of aromatic nitrogens is 1. The Balaban J connectivity index is 2.98. The number of nitrogens with two attached hydrogens (primary N) is 1. The van der Waals surface area contributed by atoms with Crippen LogP contribution < -0.4 is 5.73 Å². The molecule has 0 unspecified atom stereocenters. The summed E-state index contributed by atoms with van der Waals surface area (Å²) < 4.78 is 11.9. The lowest BCUT2D eigenvalue weighted by atomic mass is 10.2. The summed E-state index contributed by atoms with van der Waals surface area (Å²) in [5.41, 5.74) is 5.75. The highest BCUT2D eigenvalue weighted by molar-refractivity contribution is 5.92. The fourth-order valence-corrected chi connectivity index (χ4v) is 0.934. The van der Waals surface area contributed by atoms with Crippen LogP contribution in [0.4, 0.5) is 10.2 Å². The number of pyridine rings is 1. The van der Waals surface area contributed by atoms with Gasteiger partial charge in [-0.2, -0.15) is 0 Å². The van der Waals surface area contributed by atoms with E-state index in [-0.39, 0.29) is 17.8 Å². The lowest BCUT2D eigenvalue weighted by molar-refractivity contribution is 0.0697. The summed E-state index contributed by atoms with van der Waals surface area (Å²) in [5, 5.41) is 8.59. The van der Waals surface area contributed by atoms with Gasteiger partial charge in [0, 0.05) is 12.1 Å². The molecular formula is C8H9FN2O2. The molecule has 0 bridgehead atoms. The maximum atomic E-state index is 11.9. The van der Waals surface area contributed by atoms with Gasteiger partial charge in [0.25, 0.3) is 0 Å². The molecule has 3 N–H and O–H groups in total. The minimum Gasteiger partial charge on any atom is -0.478 e. The average molecular weight is 184 g/mol. The molecule has 0 spiro atoms. The molecule has 1 heterocycles. The number of rotatable bonds is 3. The van der Waals surface area contributed by atoms with Crippen molar-refractivity contribution in [2.45, 2.75) is 6.42 Å². The Kier molecular flexibility index (Phi) is 2.79. The molecule has 0 amide bonds. The Hall–Kier alpha value is -1.65. The lowest BCUT2D eigenvalue weighted by Gasteiger charge is -2.01. The third-order valence-electron chi connectivity index (χ3n) is 1.56. The number of carbonyl (C=O) groups is 1. The number of anilines is 1. The van der Waals surface area contributed by atoms with Gasteiger partial charge in [-0.1, -0.05) is 0 Å². The average Bonchev–Trinajstić information content (AvgIpc) is 2.04. The van der Waals surface area contributed by atoms with E-state index in [4.69, 9.17) is 10.8 Å². The molecule has 0 saturated heterocycles. The molecule has 1 aromatic rings. The van der Waals surface area contributed by atoms with Crippen molar-refractivity contribution in [3.63, 3.8) is 0 Å². The minimum absolute atomic E-state index is 0.0531. The smallest absolute Gasteiger partial charge is 0.339 e. The van der Waals surface area contributed by atoms with Gasteiger partial charge in [-0.25, -0.2) is 9.78 Å². The van der Waals surface area contributed by atoms with Crippen LogP contribution >= 0.6 is 0 Å². The maximum absolute atomic E-state index is 11.9. The van der Waals surface area contributed by atoms with Gasteiger partial charge in [0.2, 0.25) is 0 Å². The van der Waals surface area contributed by atoms with Crippen molar-refractivity contribution in [2.75, 3.05) is 12.4 Å². The van der Waals surface area contributed by atoms with Crippen LogP contribution in [0, 0.1) is 0 Å². The number of halogens is 1. The molecule has 0 aliphatic heterocycles. The molecule has 0 fully saturated rings. The largest absolute Gasteiger partial charge is 0.478 e. The summed E-state index contributed by atoms with van der Waals surface area (Å²) in [6.45, 7) is -0.529. The van der Waals surface area contributed by atoms with Gasteiger partial charge in [0.05, 0.1) is 6.67 Å². The van der Waals surface area contributed by atoms with Gasteiger partial charge in [-0.15, -0.1) is 0 Å². The molecule has 0 radical (unpaired) electrons. The molecule has 4 nitrogen and oxygen atoms in total. The van der Waals surface area contributed by atoms with Crippen molar-refractivity contribution < 1.29 is 14.3 Å². The second kappa shape index (κ2) is 3.84. The van der Waals surface area contributed by atoms with E-state index in [0.717, 1.165) is 0 Å². The maximum Gasteiger partial charge on any atom is 0.339 e. The topological polar surface area (TPSA) is 76.2 Å². The first-order chi connectivity index (χ1) is 6.15. The van der Waals surface area contributed by atoms with Crippen molar-refractivity contribution in [1.29, 1.82) is 0 Å². The fourth-order valence-electron chi connectivity index (χ4n) is 0.934. The molecule has 0 aliphatic rings. The lowest BCUT2D eigenvalue weighted by Crippen LogP contribution is -2.06. The molecule has 0 atom stereocenters.